The van der Waals surface area contributed by atoms with Crippen LogP contribution in [0.5, 0.6) is 17.4 Å². The van der Waals surface area contributed by atoms with Crippen molar-refractivity contribution in [2.75, 3.05) is 7.11 Å². The quantitative estimate of drug-likeness (QED) is 0.826. The highest BCUT2D eigenvalue weighted by molar-refractivity contribution is 9.10. The van der Waals surface area contributed by atoms with E-state index < -0.39 is 0 Å². The van der Waals surface area contributed by atoms with E-state index in [0.29, 0.717) is 28.4 Å². The molecule has 21 heavy (non-hydrogen) atoms. The second-order valence-corrected chi connectivity index (χ2v) is 5.84. The Kier molecular flexibility index (Phi) is 5.01. The molecule has 1 aromatic carbocycles. The second-order valence-electron chi connectivity index (χ2n) is 4.98. The van der Waals surface area contributed by atoms with Crippen LogP contribution >= 0.6 is 15.9 Å². The molecule has 0 saturated carbocycles. The van der Waals surface area contributed by atoms with Gasteiger partial charge in [-0.15, -0.1) is 0 Å². The molecule has 6 heteroatoms. The van der Waals surface area contributed by atoms with Gasteiger partial charge in [0.25, 0.3) is 5.88 Å². The first-order valence-corrected chi connectivity index (χ1v) is 7.37. The number of aromatic nitrogens is 2. The van der Waals surface area contributed by atoms with Crippen LogP contribution in [-0.4, -0.2) is 16.7 Å². The summed E-state index contributed by atoms with van der Waals surface area (Å²) in [6, 6.07) is 5.25. The lowest BCUT2D eigenvalue weighted by Crippen LogP contribution is -2.23. The van der Waals surface area contributed by atoms with E-state index in [1.54, 1.807) is 42.3 Å². The number of hydrogen-bond donors (Lipinski definition) is 0. The average Bonchev–Trinajstić information content (AvgIpc) is 2.44. The summed E-state index contributed by atoms with van der Waals surface area (Å²) in [5.41, 5.74) is -0.242. The van der Waals surface area contributed by atoms with E-state index >= 15 is 0 Å². The van der Waals surface area contributed by atoms with Gasteiger partial charge in [-0.05, 0) is 40.0 Å². The van der Waals surface area contributed by atoms with Crippen molar-refractivity contribution in [1.29, 1.82) is 0 Å². The van der Waals surface area contributed by atoms with Crippen LogP contribution in [0.25, 0.3) is 0 Å². The molecule has 0 atom stereocenters. The summed E-state index contributed by atoms with van der Waals surface area (Å²) in [5.74, 6) is 1.64. The fourth-order valence-corrected chi connectivity index (χ4v) is 2.27. The molecule has 0 amide bonds. The summed E-state index contributed by atoms with van der Waals surface area (Å²) in [6.45, 7) is 4.72. The van der Waals surface area contributed by atoms with E-state index in [-0.39, 0.29) is 11.4 Å². The molecule has 2 aromatic rings. The van der Waals surface area contributed by atoms with E-state index in [9.17, 15) is 4.79 Å². The zero-order chi connectivity index (χ0) is 15.4. The lowest BCUT2D eigenvalue weighted by molar-refractivity contribution is 0.409. The molecular weight excluding hydrogens is 336 g/mol. The first-order valence-electron chi connectivity index (χ1n) is 6.58. The summed E-state index contributed by atoms with van der Waals surface area (Å²) >= 11 is 3.39. The maximum atomic E-state index is 12.3. The van der Waals surface area contributed by atoms with Crippen molar-refractivity contribution in [3.8, 4) is 17.4 Å². The summed E-state index contributed by atoms with van der Waals surface area (Å²) in [4.78, 5) is 16.3. The van der Waals surface area contributed by atoms with Gasteiger partial charge in [-0.2, -0.15) is 0 Å². The SMILES string of the molecule is COc1ccc(Oc2nccn(CC(C)C)c2=O)c(Br)c1. The number of hydrogen-bond acceptors (Lipinski definition) is 4. The summed E-state index contributed by atoms with van der Waals surface area (Å²) in [6.07, 6.45) is 3.23. The molecule has 0 N–H and O–H groups in total. The van der Waals surface area contributed by atoms with Crippen LogP contribution in [0.2, 0.25) is 0 Å². The Labute approximate surface area is 131 Å². The topological polar surface area (TPSA) is 53.4 Å². The minimum atomic E-state index is -0.242. The van der Waals surface area contributed by atoms with Gasteiger partial charge in [0.15, 0.2) is 0 Å². The van der Waals surface area contributed by atoms with Crippen molar-refractivity contribution < 1.29 is 9.47 Å². The highest BCUT2D eigenvalue weighted by atomic mass is 79.9. The summed E-state index contributed by atoms with van der Waals surface area (Å²) in [5, 5.41) is 0. The van der Waals surface area contributed by atoms with Gasteiger partial charge in [0.05, 0.1) is 11.6 Å². The lowest BCUT2D eigenvalue weighted by Gasteiger charge is -2.11. The van der Waals surface area contributed by atoms with Crippen molar-refractivity contribution in [1.82, 2.24) is 9.55 Å². The van der Waals surface area contributed by atoms with Crippen molar-refractivity contribution in [2.45, 2.75) is 20.4 Å². The van der Waals surface area contributed by atoms with E-state index in [0.717, 1.165) is 0 Å². The first-order chi connectivity index (χ1) is 10.0. The van der Waals surface area contributed by atoms with Gasteiger partial charge in [0.2, 0.25) is 0 Å². The van der Waals surface area contributed by atoms with Crippen molar-refractivity contribution >= 4 is 15.9 Å². The Bertz CT molecular complexity index is 683. The average molecular weight is 353 g/mol. The van der Waals surface area contributed by atoms with Crippen molar-refractivity contribution in [3.63, 3.8) is 0 Å². The highest BCUT2D eigenvalue weighted by Gasteiger charge is 2.11. The standard InChI is InChI=1S/C15H17BrN2O3/c1-10(2)9-18-7-6-17-14(15(18)19)21-13-5-4-11(20-3)8-12(13)16/h4-8,10H,9H2,1-3H3. The Morgan fingerprint density at radius 2 is 2.14 bits per heavy atom. The zero-order valence-electron chi connectivity index (χ0n) is 12.2. The number of benzene rings is 1. The first kappa shape index (κ1) is 15.6. The van der Waals surface area contributed by atoms with Gasteiger partial charge in [-0.1, -0.05) is 13.8 Å². The molecule has 2 rings (SSSR count). The van der Waals surface area contributed by atoms with Crippen molar-refractivity contribution in [2.24, 2.45) is 5.92 Å². The number of methoxy groups -OCH3 is 1. The minimum Gasteiger partial charge on any atom is -0.497 e. The molecule has 0 radical (unpaired) electrons. The van der Waals surface area contributed by atoms with E-state index in [2.05, 4.69) is 20.9 Å². The fourth-order valence-electron chi connectivity index (χ4n) is 1.83. The normalized spacial score (nSPS) is 10.7. The number of ether oxygens (including phenoxy) is 2. The Morgan fingerprint density at radius 1 is 1.38 bits per heavy atom. The number of nitrogens with zero attached hydrogens (tertiary/aromatic N) is 2. The summed E-state index contributed by atoms with van der Waals surface area (Å²) in [7, 11) is 1.59. The van der Waals surface area contributed by atoms with Gasteiger partial charge in [-0.3, -0.25) is 4.79 Å². The molecule has 0 spiro atoms. The molecule has 5 nitrogen and oxygen atoms in total. The molecule has 0 fully saturated rings. The molecule has 112 valence electrons. The van der Waals surface area contributed by atoms with Crippen LogP contribution in [0.4, 0.5) is 0 Å². The van der Waals surface area contributed by atoms with Crippen molar-refractivity contribution in [3.05, 3.63) is 45.4 Å². The van der Waals surface area contributed by atoms with Gasteiger partial charge in [0.1, 0.15) is 11.5 Å². The second kappa shape index (κ2) is 6.76. The smallest absolute Gasteiger partial charge is 0.313 e. The molecule has 0 aliphatic carbocycles. The molecule has 0 unspecified atom stereocenters. The maximum Gasteiger partial charge on any atom is 0.313 e. The molecule has 0 bridgehead atoms. The monoisotopic (exact) mass is 352 g/mol. The van der Waals surface area contributed by atoms with Crippen LogP contribution in [0, 0.1) is 5.92 Å². The number of rotatable bonds is 5. The number of halogens is 1. The van der Waals surface area contributed by atoms with Crippen LogP contribution in [0.3, 0.4) is 0 Å². The van der Waals surface area contributed by atoms with Gasteiger partial charge in [0, 0.05) is 18.9 Å². The molecule has 0 saturated heterocycles. The molecule has 1 aromatic heterocycles. The Balaban J connectivity index is 2.30. The van der Waals surface area contributed by atoms with Gasteiger partial charge < -0.3 is 14.0 Å². The van der Waals surface area contributed by atoms with E-state index in [1.807, 2.05) is 13.8 Å². The minimum absolute atomic E-state index is 0.0593. The maximum absolute atomic E-state index is 12.3. The Morgan fingerprint density at radius 3 is 2.76 bits per heavy atom. The molecule has 0 aliphatic rings. The van der Waals surface area contributed by atoms with Gasteiger partial charge in [-0.25, -0.2) is 4.98 Å². The molecule has 0 aliphatic heterocycles. The van der Waals surface area contributed by atoms with Crippen LogP contribution < -0.4 is 15.0 Å². The van der Waals surface area contributed by atoms with Crippen LogP contribution in [0.15, 0.2) is 39.9 Å². The molecule has 1 heterocycles. The third kappa shape index (κ3) is 3.85. The van der Waals surface area contributed by atoms with E-state index in [1.165, 1.54) is 0 Å². The molecular formula is C15H17BrN2O3. The zero-order valence-corrected chi connectivity index (χ0v) is 13.8. The van der Waals surface area contributed by atoms with Gasteiger partial charge >= 0.3 is 5.56 Å². The fraction of sp³-hybridized carbons (Fsp3) is 0.333. The highest BCUT2D eigenvalue weighted by Crippen LogP contribution is 2.31. The third-order valence-electron chi connectivity index (χ3n) is 2.79. The van der Waals surface area contributed by atoms with Crippen LogP contribution in [0.1, 0.15) is 13.8 Å². The third-order valence-corrected chi connectivity index (χ3v) is 3.41. The predicted molar refractivity (Wildman–Crippen MR) is 84.1 cm³/mol. The largest absolute Gasteiger partial charge is 0.497 e. The lowest BCUT2D eigenvalue weighted by atomic mass is 10.2. The Hall–Kier alpha value is -1.82. The summed E-state index contributed by atoms with van der Waals surface area (Å²) < 4.78 is 13.0. The van der Waals surface area contributed by atoms with Crippen LogP contribution in [-0.2, 0) is 6.54 Å². The predicted octanol–water partition coefficient (Wildman–Crippen LogP) is 3.46. The van der Waals surface area contributed by atoms with E-state index in [4.69, 9.17) is 9.47 Å².